The molecule has 1 aromatic carbocycles. The summed E-state index contributed by atoms with van der Waals surface area (Å²) in [6.07, 6.45) is 8.73. The van der Waals surface area contributed by atoms with Gasteiger partial charge in [-0.05, 0) is 12.0 Å². The second-order valence-corrected chi connectivity index (χ2v) is 6.85. The van der Waals surface area contributed by atoms with Crippen molar-refractivity contribution in [1.82, 2.24) is 5.01 Å². The molecule has 2 rings (SSSR count). The molecule has 24 heavy (non-hydrogen) atoms. The molecule has 0 saturated carbocycles. The molecule has 0 saturated heterocycles. The third kappa shape index (κ3) is 6.07. The van der Waals surface area contributed by atoms with E-state index in [9.17, 15) is 4.91 Å². The van der Waals surface area contributed by atoms with Gasteiger partial charge in [-0.2, -0.15) is 5.10 Å². The lowest BCUT2D eigenvalue weighted by Gasteiger charge is -2.25. The zero-order valence-electron chi connectivity index (χ0n) is 14.4. The van der Waals surface area contributed by atoms with Gasteiger partial charge in [-0.25, -0.2) is 5.01 Å². The van der Waals surface area contributed by atoms with Crippen LogP contribution in [0, 0.1) is 4.91 Å². The van der Waals surface area contributed by atoms with Gasteiger partial charge in [0.2, 0.25) is 5.17 Å². The summed E-state index contributed by atoms with van der Waals surface area (Å²) in [7, 11) is 0. The van der Waals surface area contributed by atoms with Gasteiger partial charge in [0.25, 0.3) is 0 Å². The van der Waals surface area contributed by atoms with Gasteiger partial charge >= 0.3 is 0 Å². The summed E-state index contributed by atoms with van der Waals surface area (Å²) < 4.78 is 0. The first-order valence-corrected chi connectivity index (χ1v) is 9.77. The summed E-state index contributed by atoms with van der Waals surface area (Å²) in [4.78, 5) is 10.5. The third-order valence-electron chi connectivity index (χ3n) is 4.01. The molecule has 0 radical (unpaired) electrons. The van der Waals surface area contributed by atoms with Crippen LogP contribution in [0.15, 0.2) is 45.8 Å². The molecule has 1 aliphatic rings. The maximum absolute atomic E-state index is 10.5. The minimum atomic E-state index is 0.607. The van der Waals surface area contributed by atoms with Crippen molar-refractivity contribution in [2.45, 2.75) is 51.9 Å². The summed E-state index contributed by atoms with van der Waals surface area (Å²) in [5.41, 5.74) is 2.14. The van der Waals surface area contributed by atoms with E-state index in [4.69, 9.17) is 5.10 Å². The van der Waals surface area contributed by atoms with Gasteiger partial charge in [0.05, 0.1) is 11.0 Å². The first-order chi connectivity index (χ1) is 11.8. The highest BCUT2D eigenvalue weighted by Gasteiger charge is 2.20. The second-order valence-electron chi connectivity index (χ2n) is 5.91. The van der Waals surface area contributed by atoms with Crippen LogP contribution in [0.25, 0.3) is 0 Å². The molecule has 0 spiro atoms. The highest BCUT2D eigenvalue weighted by atomic mass is 32.2. The highest BCUT2D eigenvalue weighted by Crippen LogP contribution is 2.21. The van der Waals surface area contributed by atoms with Crippen molar-refractivity contribution in [3.8, 4) is 0 Å². The molecule has 1 heterocycles. The van der Waals surface area contributed by atoms with Crippen LogP contribution < -0.4 is 0 Å². The Balaban J connectivity index is 1.90. The van der Waals surface area contributed by atoms with Crippen molar-refractivity contribution in [1.29, 1.82) is 0 Å². The maximum Gasteiger partial charge on any atom is 0.209 e. The van der Waals surface area contributed by atoms with Crippen LogP contribution in [0.5, 0.6) is 0 Å². The smallest absolute Gasteiger partial charge is 0.209 e. The van der Waals surface area contributed by atoms with Crippen LogP contribution >= 0.6 is 11.8 Å². The normalized spacial score (nSPS) is 16.3. The van der Waals surface area contributed by atoms with E-state index in [1.807, 2.05) is 23.2 Å². The fourth-order valence-corrected chi connectivity index (χ4v) is 3.54. The average molecular weight is 347 g/mol. The lowest BCUT2D eigenvalue weighted by atomic mass is 10.1. The Hall–Kier alpha value is -1.69. The number of nitrogens with zero attached hydrogens (tertiary/aromatic N) is 4. The number of unbranched alkanes of at least 4 members (excludes halogenated alkanes) is 6. The van der Waals surface area contributed by atoms with Crippen molar-refractivity contribution in [3.05, 3.63) is 40.8 Å². The SMILES string of the molecule is CCCCCCCCCN1N=C(c2ccccc2)CS/C1=N/N=O. The first kappa shape index (κ1) is 18.6. The minimum absolute atomic E-state index is 0.607. The van der Waals surface area contributed by atoms with Crippen LogP contribution in [0.3, 0.4) is 0 Å². The molecule has 1 aliphatic heterocycles. The van der Waals surface area contributed by atoms with Crippen molar-refractivity contribution in [2.24, 2.45) is 15.5 Å². The molecule has 0 atom stereocenters. The number of hydrazone groups is 1. The van der Waals surface area contributed by atoms with Crippen LogP contribution in [-0.2, 0) is 0 Å². The van der Waals surface area contributed by atoms with Gasteiger partial charge in [0.15, 0.2) is 0 Å². The minimum Gasteiger partial charge on any atom is -0.241 e. The van der Waals surface area contributed by atoms with E-state index in [2.05, 4.69) is 29.4 Å². The average Bonchev–Trinajstić information content (AvgIpc) is 2.63. The van der Waals surface area contributed by atoms with Crippen LogP contribution in [-0.4, -0.2) is 28.2 Å². The molecule has 0 fully saturated rings. The zero-order valence-corrected chi connectivity index (χ0v) is 15.2. The molecule has 0 aromatic heterocycles. The number of hydrogen-bond acceptors (Lipinski definition) is 4. The van der Waals surface area contributed by atoms with E-state index in [0.29, 0.717) is 10.9 Å². The van der Waals surface area contributed by atoms with Gasteiger partial charge in [0, 0.05) is 12.3 Å². The first-order valence-electron chi connectivity index (χ1n) is 8.78. The molecule has 1 aromatic rings. The van der Waals surface area contributed by atoms with Crippen LogP contribution in [0.1, 0.15) is 57.4 Å². The van der Waals surface area contributed by atoms with Gasteiger partial charge in [-0.3, -0.25) is 0 Å². The number of benzene rings is 1. The van der Waals surface area contributed by atoms with Crippen molar-refractivity contribution < 1.29 is 0 Å². The summed E-state index contributed by atoms with van der Waals surface area (Å²) in [5.74, 6) is 0.714. The second kappa shape index (κ2) is 11.0. The Bertz CT molecular complexity index is 559. The van der Waals surface area contributed by atoms with Crippen molar-refractivity contribution in [2.75, 3.05) is 12.3 Å². The van der Waals surface area contributed by atoms with Gasteiger partial charge < -0.3 is 0 Å². The molecule has 0 N–H and O–H groups in total. The summed E-state index contributed by atoms with van der Waals surface area (Å²) in [6.45, 7) is 3.02. The molecular weight excluding hydrogens is 320 g/mol. The lowest BCUT2D eigenvalue weighted by molar-refractivity contribution is 0.424. The molecule has 0 amide bonds. The summed E-state index contributed by atoms with van der Waals surface area (Å²) >= 11 is 1.53. The molecule has 130 valence electrons. The van der Waals surface area contributed by atoms with E-state index >= 15 is 0 Å². The van der Waals surface area contributed by atoms with E-state index < -0.39 is 0 Å². The van der Waals surface area contributed by atoms with Gasteiger partial charge in [-0.1, -0.05) is 92.6 Å². The molecule has 6 heteroatoms. The predicted molar refractivity (Wildman–Crippen MR) is 103 cm³/mol. The summed E-state index contributed by atoms with van der Waals surface area (Å²) in [6, 6.07) is 10.1. The Morgan fingerprint density at radius 1 is 1.08 bits per heavy atom. The number of nitroso groups, excluding NO2 is 1. The highest BCUT2D eigenvalue weighted by molar-refractivity contribution is 8.14. The number of hydrogen-bond donors (Lipinski definition) is 0. The number of amidine groups is 1. The van der Waals surface area contributed by atoms with E-state index in [1.165, 1.54) is 50.3 Å². The van der Waals surface area contributed by atoms with Crippen molar-refractivity contribution >= 4 is 22.6 Å². The standard InChI is InChI=1S/C18H26N4OS/c1-2-3-4-5-6-7-11-14-22-18(19-21-23)24-15-17(20-22)16-12-9-8-10-13-16/h8-10,12-13H,2-7,11,14-15H2,1H3/b19-18+. The fourth-order valence-electron chi connectivity index (χ4n) is 2.68. The third-order valence-corrected chi connectivity index (χ3v) is 4.98. The topological polar surface area (TPSA) is 57.4 Å². The number of thioether (sulfide) groups is 1. The van der Waals surface area contributed by atoms with E-state index in [0.717, 1.165) is 24.2 Å². The maximum atomic E-state index is 10.5. The molecule has 0 unspecified atom stereocenters. The van der Waals surface area contributed by atoms with Crippen molar-refractivity contribution in [3.63, 3.8) is 0 Å². The largest absolute Gasteiger partial charge is 0.241 e. The molecular formula is C18H26N4OS. The van der Waals surface area contributed by atoms with E-state index in [1.54, 1.807) is 0 Å². The Morgan fingerprint density at radius 2 is 1.79 bits per heavy atom. The lowest BCUT2D eigenvalue weighted by Crippen LogP contribution is -2.31. The Labute approximate surface area is 148 Å². The Kier molecular flexibility index (Phi) is 8.52. The predicted octanol–water partition coefficient (Wildman–Crippen LogP) is 5.23. The van der Waals surface area contributed by atoms with Crippen LogP contribution in [0.4, 0.5) is 0 Å². The van der Waals surface area contributed by atoms with Crippen LogP contribution in [0.2, 0.25) is 0 Å². The van der Waals surface area contributed by atoms with Gasteiger partial charge in [0.1, 0.15) is 0 Å². The molecule has 0 bridgehead atoms. The molecule has 5 nitrogen and oxygen atoms in total. The summed E-state index contributed by atoms with van der Waals surface area (Å²) in [5, 5.41) is 13.5. The molecule has 0 aliphatic carbocycles. The zero-order chi connectivity index (χ0) is 17.0. The number of rotatable bonds is 10. The van der Waals surface area contributed by atoms with E-state index in [-0.39, 0.29) is 0 Å². The Morgan fingerprint density at radius 3 is 2.50 bits per heavy atom. The van der Waals surface area contributed by atoms with Gasteiger partial charge in [-0.15, -0.1) is 4.91 Å². The fraction of sp³-hybridized carbons (Fsp3) is 0.556. The quantitative estimate of drug-likeness (QED) is 0.331. The monoisotopic (exact) mass is 346 g/mol.